The Balaban J connectivity index is 1.23. The molecule has 1 fully saturated rings. The number of aryl methyl sites for hydroxylation is 1. The SMILES string of the molecule is Nc1nonc1-n1nnc(C(=O)NN=Cc2cc(Cl)ccc2OC(=O)N2CCOCC2)c1CN1CCCc2ccccc21. The Hall–Kier alpha value is -5.02. The standard InChI is InChI=1S/C27H27ClN10O5/c28-19-7-8-22(42-27(40)36-10-12-41-13-11-36)18(14-19)15-30-32-26(39)23-21(38(35-31-23)25-24(29)33-43-34-25)16-37-9-3-5-17-4-1-2-6-20(17)37/h1-2,4,6-8,14-15H,3,5,9-13,16H2,(H2,29,33)(H,32,39). The predicted octanol–water partition coefficient (Wildman–Crippen LogP) is 2.43. The highest BCUT2D eigenvalue weighted by atomic mass is 35.5. The van der Waals surface area contributed by atoms with E-state index >= 15 is 0 Å². The fourth-order valence-corrected chi connectivity index (χ4v) is 5.10. The molecule has 3 N–H and O–H groups in total. The van der Waals surface area contributed by atoms with Crippen LogP contribution in [0, 0.1) is 0 Å². The van der Waals surface area contributed by atoms with E-state index in [0.717, 1.165) is 25.1 Å². The second-order valence-corrected chi connectivity index (χ2v) is 10.2. The van der Waals surface area contributed by atoms with Crippen LogP contribution < -0.4 is 20.8 Å². The van der Waals surface area contributed by atoms with Gasteiger partial charge in [0.05, 0.1) is 31.7 Å². The summed E-state index contributed by atoms with van der Waals surface area (Å²) in [4.78, 5) is 29.7. The van der Waals surface area contributed by atoms with Crippen molar-refractivity contribution in [3.63, 3.8) is 0 Å². The molecule has 15 nitrogen and oxygen atoms in total. The van der Waals surface area contributed by atoms with Gasteiger partial charge >= 0.3 is 6.09 Å². The largest absolute Gasteiger partial charge is 0.415 e. The number of para-hydroxylation sites is 1. The van der Waals surface area contributed by atoms with Gasteiger partial charge in [-0.2, -0.15) is 9.78 Å². The predicted molar refractivity (Wildman–Crippen MR) is 154 cm³/mol. The van der Waals surface area contributed by atoms with Crippen LogP contribution in [0.1, 0.15) is 33.7 Å². The van der Waals surface area contributed by atoms with Gasteiger partial charge in [-0.25, -0.2) is 14.8 Å². The number of amides is 2. The van der Waals surface area contributed by atoms with Crippen LogP contribution in [0.2, 0.25) is 5.02 Å². The molecule has 0 spiro atoms. The van der Waals surface area contributed by atoms with E-state index in [9.17, 15) is 9.59 Å². The van der Waals surface area contributed by atoms with Crippen LogP contribution in [0.3, 0.4) is 0 Å². The van der Waals surface area contributed by atoms with Crippen LogP contribution in [0.4, 0.5) is 16.3 Å². The van der Waals surface area contributed by atoms with Crippen LogP contribution in [-0.2, 0) is 17.7 Å². The summed E-state index contributed by atoms with van der Waals surface area (Å²) in [6.07, 6.45) is 2.71. The highest BCUT2D eigenvalue weighted by Crippen LogP contribution is 2.29. The highest BCUT2D eigenvalue weighted by molar-refractivity contribution is 6.31. The molecule has 6 rings (SSSR count). The average molecular weight is 607 g/mol. The van der Waals surface area contributed by atoms with Gasteiger partial charge in [0.2, 0.25) is 11.6 Å². The summed E-state index contributed by atoms with van der Waals surface area (Å²) >= 11 is 6.18. The molecule has 222 valence electrons. The number of carbonyl (C=O) groups is 2. The first-order valence-electron chi connectivity index (χ1n) is 13.5. The van der Waals surface area contributed by atoms with Crippen molar-refractivity contribution in [3.05, 3.63) is 70.0 Å². The Morgan fingerprint density at radius 1 is 1.14 bits per heavy atom. The van der Waals surface area contributed by atoms with Gasteiger partial charge in [0, 0.05) is 35.9 Å². The summed E-state index contributed by atoms with van der Waals surface area (Å²) in [5.41, 5.74) is 11.5. The molecule has 0 atom stereocenters. The summed E-state index contributed by atoms with van der Waals surface area (Å²) in [6, 6.07) is 12.8. The Kier molecular flexibility index (Phi) is 8.15. The number of carbonyl (C=O) groups excluding carboxylic acids is 2. The molecule has 0 bridgehead atoms. The lowest BCUT2D eigenvalue weighted by atomic mass is 10.0. The van der Waals surface area contributed by atoms with Gasteiger partial charge in [-0.3, -0.25) is 4.79 Å². The second-order valence-electron chi connectivity index (χ2n) is 9.77. The smallest absolute Gasteiger partial charge is 0.409 e. The Morgan fingerprint density at radius 3 is 2.79 bits per heavy atom. The van der Waals surface area contributed by atoms with Crippen LogP contribution in [0.15, 0.2) is 52.2 Å². The second kappa shape index (κ2) is 12.5. The lowest BCUT2D eigenvalue weighted by Crippen LogP contribution is -2.42. The topological polar surface area (TPSA) is 179 Å². The molecule has 2 aromatic heterocycles. The summed E-state index contributed by atoms with van der Waals surface area (Å²) in [5.74, 6) is -0.300. The first kappa shape index (κ1) is 28.1. The van der Waals surface area contributed by atoms with Crippen molar-refractivity contribution in [1.29, 1.82) is 0 Å². The third-order valence-electron chi connectivity index (χ3n) is 7.03. The van der Waals surface area contributed by atoms with Crippen molar-refractivity contribution in [1.82, 2.24) is 35.6 Å². The summed E-state index contributed by atoms with van der Waals surface area (Å²) in [6.45, 7) is 2.76. The molecule has 4 aromatic rings. The number of morpholine rings is 1. The van der Waals surface area contributed by atoms with Gasteiger partial charge in [-0.15, -0.1) is 5.10 Å². The zero-order valence-electron chi connectivity index (χ0n) is 22.8. The van der Waals surface area contributed by atoms with Gasteiger partial charge in [-0.05, 0) is 53.0 Å². The molecule has 16 heteroatoms. The average Bonchev–Trinajstić information content (AvgIpc) is 3.64. The third kappa shape index (κ3) is 6.12. The van der Waals surface area contributed by atoms with Crippen molar-refractivity contribution in [2.45, 2.75) is 19.4 Å². The van der Waals surface area contributed by atoms with Gasteiger partial charge in [0.15, 0.2) is 5.69 Å². The van der Waals surface area contributed by atoms with E-state index in [0.29, 0.717) is 42.6 Å². The summed E-state index contributed by atoms with van der Waals surface area (Å²) in [5, 5.41) is 20.2. The number of nitrogens with two attached hydrogens (primary N) is 1. The van der Waals surface area contributed by atoms with Crippen molar-refractivity contribution < 1.29 is 23.7 Å². The molecule has 2 aliphatic heterocycles. The third-order valence-corrected chi connectivity index (χ3v) is 7.26. The number of nitrogen functional groups attached to an aromatic ring is 1. The monoisotopic (exact) mass is 606 g/mol. The van der Waals surface area contributed by atoms with E-state index in [2.05, 4.69) is 42.1 Å². The number of hydrogen-bond acceptors (Lipinski definition) is 12. The van der Waals surface area contributed by atoms with Gasteiger partial charge in [0.1, 0.15) is 5.75 Å². The molecule has 0 aliphatic carbocycles. The van der Waals surface area contributed by atoms with Gasteiger partial charge < -0.3 is 25.0 Å². The molecule has 1 saturated heterocycles. The van der Waals surface area contributed by atoms with E-state index in [1.807, 2.05) is 18.2 Å². The van der Waals surface area contributed by atoms with Crippen LogP contribution in [0.25, 0.3) is 5.82 Å². The number of nitrogens with zero attached hydrogens (tertiary/aromatic N) is 8. The number of halogens is 1. The van der Waals surface area contributed by atoms with Crippen molar-refractivity contribution >= 4 is 41.3 Å². The van der Waals surface area contributed by atoms with Crippen LogP contribution in [0.5, 0.6) is 5.75 Å². The first-order chi connectivity index (χ1) is 21.0. The van der Waals surface area contributed by atoms with E-state index in [-0.39, 0.29) is 29.6 Å². The number of ether oxygens (including phenoxy) is 2. The number of benzene rings is 2. The maximum Gasteiger partial charge on any atom is 0.415 e. The molecule has 2 amide bonds. The van der Waals surface area contributed by atoms with Crippen molar-refractivity contribution in [2.75, 3.05) is 43.5 Å². The number of hydrazone groups is 1. The number of anilines is 2. The number of aromatic nitrogens is 5. The van der Waals surface area contributed by atoms with Crippen molar-refractivity contribution in [2.24, 2.45) is 5.10 Å². The summed E-state index contributed by atoms with van der Waals surface area (Å²) in [7, 11) is 0. The van der Waals surface area contributed by atoms with E-state index < -0.39 is 12.0 Å². The lowest BCUT2D eigenvalue weighted by Gasteiger charge is -2.31. The molecule has 0 radical (unpaired) electrons. The number of nitrogens with one attached hydrogen (secondary N) is 1. The highest BCUT2D eigenvalue weighted by Gasteiger charge is 2.27. The first-order valence-corrected chi connectivity index (χ1v) is 13.9. The molecule has 43 heavy (non-hydrogen) atoms. The minimum absolute atomic E-state index is 0.00437. The van der Waals surface area contributed by atoms with E-state index in [1.165, 1.54) is 16.5 Å². The summed E-state index contributed by atoms with van der Waals surface area (Å²) < 4.78 is 17.0. The normalized spacial score (nSPS) is 15.0. The number of rotatable bonds is 7. The zero-order chi connectivity index (χ0) is 29.8. The minimum atomic E-state index is -0.633. The Morgan fingerprint density at radius 2 is 1.98 bits per heavy atom. The van der Waals surface area contributed by atoms with Gasteiger partial charge in [-0.1, -0.05) is 35.0 Å². The zero-order valence-corrected chi connectivity index (χ0v) is 23.6. The van der Waals surface area contributed by atoms with Gasteiger partial charge in [0.25, 0.3) is 5.91 Å². The molecule has 2 aromatic carbocycles. The maximum absolute atomic E-state index is 13.4. The number of hydrogen-bond donors (Lipinski definition) is 2. The number of fused-ring (bicyclic) bond motifs is 1. The lowest BCUT2D eigenvalue weighted by molar-refractivity contribution is 0.0416. The van der Waals surface area contributed by atoms with Crippen molar-refractivity contribution in [3.8, 4) is 11.6 Å². The fourth-order valence-electron chi connectivity index (χ4n) is 4.92. The molecular weight excluding hydrogens is 580 g/mol. The molecule has 4 heterocycles. The van der Waals surface area contributed by atoms with Crippen LogP contribution >= 0.6 is 11.6 Å². The molecule has 0 unspecified atom stereocenters. The Bertz CT molecular complexity index is 1670. The Labute approximate surface area is 250 Å². The maximum atomic E-state index is 13.4. The minimum Gasteiger partial charge on any atom is -0.409 e. The quantitative estimate of drug-likeness (QED) is 0.233. The fraction of sp³-hybridized carbons (Fsp3) is 0.296. The molecular formula is C27H27ClN10O5. The molecule has 0 saturated carbocycles. The van der Waals surface area contributed by atoms with Crippen LogP contribution in [-0.4, -0.2) is 81.3 Å². The molecule has 2 aliphatic rings. The van der Waals surface area contributed by atoms with E-state index in [1.54, 1.807) is 23.1 Å². The van der Waals surface area contributed by atoms with E-state index in [4.69, 9.17) is 31.4 Å².